The SMILES string of the molecule is CC1(C(=O)NCC2CCCN2C(=O)c2ccc3nc[nH]c3c2)CCC1. The molecule has 1 aromatic carbocycles. The fraction of sp³-hybridized carbons (Fsp3) is 0.526. The highest BCUT2D eigenvalue weighted by Gasteiger charge is 2.39. The lowest BCUT2D eigenvalue weighted by Crippen LogP contribution is -2.48. The zero-order chi connectivity index (χ0) is 17.4. The van der Waals surface area contributed by atoms with Crippen molar-refractivity contribution in [3.63, 3.8) is 0 Å². The van der Waals surface area contributed by atoms with Crippen molar-refractivity contribution >= 4 is 22.8 Å². The van der Waals surface area contributed by atoms with Crippen molar-refractivity contribution in [3.8, 4) is 0 Å². The van der Waals surface area contributed by atoms with Gasteiger partial charge in [0.15, 0.2) is 0 Å². The predicted octanol–water partition coefficient (Wildman–Crippen LogP) is 2.47. The van der Waals surface area contributed by atoms with E-state index >= 15 is 0 Å². The Morgan fingerprint density at radius 3 is 2.96 bits per heavy atom. The van der Waals surface area contributed by atoms with Crippen molar-refractivity contribution in [1.82, 2.24) is 20.2 Å². The van der Waals surface area contributed by atoms with Gasteiger partial charge in [0.2, 0.25) is 5.91 Å². The molecule has 6 nitrogen and oxygen atoms in total. The molecule has 1 atom stereocenters. The number of fused-ring (bicyclic) bond motifs is 1. The number of nitrogens with zero attached hydrogens (tertiary/aromatic N) is 2. The molecule has 25 heavy (non-hydrogen) atoms. The van der Waals surface area contributed by atoms with E-state index in [1.807, 2.05) is 30.0 Å². The second-order valence-corrected chi connectivity index (χ2v) is 7.55. The highest BCUT2D eigenvalue weighted by Crippen LogP contribution is 2.40. The summed E-state index contributed by atoms with van der Waals surface area (Å²) in [4.78, 5) is 34.4. The van der Waals surface area contributed by atoms with Gasteiger partial charge >= 0.3 is 0 Å². The third-order valence-electron chi connectivity index (χ3n) is 5.81. The van der Waals surface area contributed by atoms with Crippen molar-refractivity contribution in [2.24, 2.45) is 5.41 Å². The summed E-state index contributed by atoms with van der Waals surface area (Å²) in [5, 5.41) is 3.08. The standard InChI is InChI=1S/C19H24N4O2/c1-19(7-3-8-19)18(25)20-11-14-4-2-9-23(14)17(24)13-5-6-15-16(10-13)22-12-21-15/h5-6,10,12,14H,2-4,7-9,11H2,1H3,(H,20,25)(H,21,22). The summed E-state index contributed by atoms with van der Waals surface area (Å²) in [7, 11) is 0. The van der Waals surface area contributed by atoms with Crippen molar-refractivity contribution in [2.45, 2.75) is 45.1 Å². The number of benzene rings is 1. The second kappa shape index (κ2) is 6.17. The molecule has 4 rings (SSSR count). The van der Waals surface area contributed by atoms with Crippen LogP contribution in [0.2, 0.25) is 0 Å². The third-order valence-corrected chi connectivity index (χ3v) is 5.81. The van der Waals surface area contributed by atoms with E-state index in [-0.39, 0.29) is 23.3 Å². The van der Waals surface area contributed by atoms with E-state index in [1.165, 1.54) is 0 Å². The average molecular weight is 340 g/mol. The number of rotatable bonds is 4. The molecule has 2 N–H and O–H groups in total. The van der Waals surface area contributed by atoms with Crippen LogP contribution in [-0.2, 0) is 4.79 Å². The molecule has 1 aliphatic heterocycles. The summed E-state index contributed by atoms with van der Waals surface area (Å²) >= 11 is 0. The Morgan fingerprint density at radius 2 is 2.20 bits per heavy atom. The van der Waals surface area contributed by atoms with Crippen LogP contribution >= 0.6 is 0 Å². The lowest BCUT2D eigenvalue weighted by molar-refractivity contribution is -0.134. The first kappa shape index (κ1) is 16.1. The van der Waals surface area contributed by atoms with Crippen molar-refractivity contribution in [1.29, 1.82) is 0 Å². The quantitative estimate of drug-likeness (QED) is 0.897. The number of H-pyrrole nitrogens is 1. The summed E-state index contributed by atoms with van der Waals surface area (Å²) in [6.45, 7) is 3.33. The Bertz CT molecular complexity index is 809. The molecule has 1 aliphatic carbocycles. The van der Waals surface area contributed by atoms with Crippen molar-refractivity contribution in [2.75, 3.05) is 13.1 Å². The van der Waals surface area contributed by atoms with Gasteiger partial charge in [-0.1, -0.05) is 13.3 Å². The number of amides is 2. The van der Waals surface area contributed by atoms with E-state index in [1.54, 1.807) is 6.33 Å². The van der Waals surface area contributed by atoms with Crippen LogP contribution in [0.1, 0.15) is 49.4 Å². The third kappa shape index (κ3) is 2.90. The lowest BCUT2D eigenvalue weighted by atomic mass is 9.70. The van der Waals surface area contributed by atoms with E-state index in [9.17, 15) is 9.59 Å². The summed E-state index contributed by atoms with van der Waals surface area (Å²) in [6.07, 6.45) is 6.62. The normalized spacial score (nSPS) is 22.0. The number of imidazole rings is 1. The van der Waals surface area contributed by atoms with Crippen LogP contribution < -0.4 is 5.32 Å². The molecule has 1 unspecified atom stereocenters. The number of carbonyl (C=O) groups is 2. The Labute approximate surface area is 147 Å². The van der Waals surface area contributed by atoms with Crippen LogP contribution in [0.5, 0.6) is 0 Å². The van der Waals surface area contributed by atoms with Crippen LogP contribution in [0.15, 0.2) is 24.5 Å². The van der Waals surface area contributed by atoms with Gasteiger partial charge in [0.25, 0.3) is 5.91 Å². The maximum Gasteiger partial charge on any atom is 0.254 e. The number of hydrogen-bond acceptors (Lipinski definition) is 3. The molecule has 0 radical (unpaired) electrons. The molecule has 0 spiro atoms. The van der Waals surface area contributed by atoms with Gasteiger partial charge in [-0.2, -0.15) is 0 Å². The maximum absolute atomic E-state index is 12.9. The Kier molecular flexibility index (Phi) is 3.98. The largest absolute Gasteiger partial charge is 0.354 e. The number of aromatic nitrogens is 2. The van der Waals surface area contributed by atoms with Crippen LogP contribution in [0.25, 0.3) is 11.0 Å². The molecule has 1 saturated heterocycles. The van der Waals surface area contributed by atoms with Gasteiger partial charge in [0, 0.05) is 30.1 Å². The summed E-state index contributed by atoms with van der Waals surface area (Å²) < 4.78 is 0. The van der Waals surface area contributed by atoms with E-state index in [0.29, 0.717) is 12.1 Å². The molecule has 6 heteroatoms. The number of likely N-dealkylation sites (tertiary alicyclic amines) is 1. The Balaban J connectivity index is 1.43. The van der Waals surface area contributed by atoms with Gasteiger partial charge in [0.1, 0.15) is 0 Å². The van der Waals surface area contributed by atoms with Gasteiger partial charge in [-0.05, 0) is 43.9 Å². The minimum Gasteiger partial charge on any atom is -0.354 e. The molecule has 2 aromatic rings. The molecule has 2 fully saturated rings. The zero-order valence-electron chi connectivity index (χ0n) is 14.5. The van der Waals surface area contributed by atoms with Gasteiger partial charge in [-0.15, -0.1) is 0 Å². The van der Waals surface area contributed by atoms with E-state index in [2.05, 4.69) is 15.3 Å². The highest BCUT2D eigenvalue weighted by atomic mass is 16.2. The number of hydrogen-bond donors (Lipinski definition) is 2. The van der Waals surface area contributed by atoms with E-state index in [4.69, 9.17) is 0 Å². The fourth-order valence-electron chi connectivity index (χ4n) is 3.91. The van der Waals surface area contributed by atoms with E-state index in [0.717, 1.165) is 49.7 Å². The van der Waals surface area contributed by atoms with Gasteiger partial charge in [-0.25, -0.2) is 4.98 Å². The Morgan fingerprint density at radius 1 is 1.36 bits per heavy atom. The van der Waals surface area contributed by atoms with Crippen molar-refractivity contribution < 1.29 is 9.59 Å². The topological polar surface area (TPSA) is 78.1 Å². The molecule has 2 aliphatic rings. The lowest BCUT2D eigenvalue weighted by Gasteiger charge is -2.37. The number of aromatic amines is 1. The molecule has 0 bridgehead atoms. The van der Waals surface area contributed by atoms with Gasteiger partial charge < -0.3 is 15.2 Å². The summed E-state index contributed by atoms with van der Waals surface area (Å²) in [5.41, 5.74) is 2.20. The smallest absolute Gasteiger partial charge is 0.254 e. The number of carbonyl (C=O) groups excluding carboxylic acids is 2. The minimum atomic E-state index is -0.195. The molecule has 2 amide bonds. The minimum absolute atomic E-state index is 0.0307. The summed E-state index contributed by atoms with van der Waals surface area (Å²) in [6, 6.07) is 5.63. The Hall–Kier alpha value is -2.37. The van der Waals surface area contributed by atoms with Gasteiger partial charge in [-0.3, -0.25) is 9.59 Å². The van der Waals surface area contributed by atoms with Crippen LogP contribution in [0.4, 0.5) is 0 Å². The first-order valence-corrected chi connectivity index (χ1v) is 9.09. The maximum atomic E-state index is 12.9. The fourth-order valence-corrected chi connectivity index (χ4v) is 3.91. The molecule has 1 aromatic heterocycles. The second-order valence-electron chi connectivity index (χ2n) is 7.55. The van der Waals surface area contributed by atoms with Crippen LogP contribution in [0.3, 0.4) is 0 Å². The van der Waals surface area contributed by atoms with E-state index < -0.39 is 0 Å². The molecular weight excluding hydrogens is 316 g/mol. The monoisotopic (exact) mass is 340 g/mol. The molecule has 2 heterocycles. The summed E-state index contributed by atoms with van der Waals surface area (Å²) in [5.74, 6) is 0.167. The average Bonchev–Trinajstić information content (AvgIpc) is 3.24. The van der Waals surface area contributed by atoms with Gasteiger partial charge in [0.05, 0.1) is 17.4 Å². The van der Waals surface area contributed by atoms with Crippen LogP contribution in [-0.4, -0.2) is 45.8 Å². The predicted molar refractivity (Wildman–Crippen MR) is 95.1 cm³/mol. The first-order valence-electron chi connectivity index (χ1n) is 9.09. The molecule has 132 valence electrons. The molecule has 1 saturated carbocycles. The zero-order valence-corrected chi connectivity index (χ0v) is 14.5. The van der Waals surface area contributed by atoms with Crippen molar-refractivity contribution in [3.05, 3.63) is 30.1 Å². The number of nitrogens with one attached hydrogen (secondary N) is 2. The first-order chi connectivity index (χ1) is 12.1. The van der Waals surface area contributed by atoms with Crippen LogP contribution in [0, 0.1) is 5.41 Å². The highest BCUT2D eigenvalue weighted by molar-refractivity contribution is 5.97. The molecular formula is C19H24N4O2.